The minimum absolute atomic E-state index is 0.130. The molecule has 0 aromatic heterocycles. The van der Waals surface area contributed by atoms with Gasteiger partial charge in [0.1, 0.15) is 0 Å². The molecular weight excluding hydrogens is 272 g/mol. The number of nitrogens with zero attached hydrogens (tertiary/aromatic N) is 2. The van der Waals surface area contributed by atoms with Gasteiger partial charge in [-0.15, -0.1) is 0 Å². The normalized spacial score (nSPS) is 18.5. The largest absolute Gasteiger partial charge is 0.339 e. The third kappa shape index (κ3) is 4.57. The van der Waals surface area contributed by atoms with E-state index in [1.165, 1.54) is 12.0 Å². The zero-order chi connectivity index (χ0) is 16.2. The molecule has 0 aliphatic carbocycles. The summed E-state index contributed by atoms with van der Waals surface area (Å²) in [6.07, 6.45) is 3.32. The van der Waals surface area contributed by atoms with Crippen molar-refractivity contribution in [3.63, 3.8) is 0 Å². The summed E-state index contributed by atoms with van der Waals surface area (Å²) in [5.74, 6) is 0.185. The highest BCUT2D eigenvalue weighted by Crippen LogP contribution is 2.22. The zero-order valence-corrected chi connectivity index (χ0v) is 14.6. The summed E-state index contributed by atoms with van der Waals surface area (Å²) in [7, 11) is 2.17. The lowest BCUT2D eigenvalue weighted by Gasteiger charge is -2.23. The first-order valence-electron chi connectivity index (χ1n) is 8.46. The van der Waals surface area contributed by atoms with E-state index in [4.69, 9.17) is 0 Å². The van der Waals surface area contributed by atoms with Crippen LogP contribution in [0.3, 0.4) is 0 Å². The summed E-state index contributed by atoms with van der Waals surface area (Å²) >= 11 is 0. The van der Waals surface area contributed by atoms with Crippen molar-refractivity contribution < 1.29 is 4.79 Å². The standard InChI is InChI=1S/C19H30N2O/c1-19(2,3)17-10-8-16(9-11-17)18(22)21-14-6-5-12-20(4)13-7-15-21/h8-11H,5-7,12-15H2,1-4H3. The predicted molar refractivity (Wildman–Crippen MR) is 92.4 cm³/mol. The Kier molecular flexibility index (Phi) is 5.63. The molecule has 0 atom stereocenters. The number of benzene rings is 1. The van der Waals surface area contributed by atoms with Crippen molar-refractivity contribution in [3.8, 4) is 0 Å². The van der Waals surface area contributed by atoms with Gasteiger partial charge in [-0.1, -0.05) is 32.9 Å². The molecule has 0 radical (unpaired) electrons. The van der Waals surface area contributed by atoms with Crippen molar-refractivity contribution in [2.24, 2.45) is 0 Å². The molecule has 3 nitrogen and oxygen atoms in total. The van der Waals surface area contributed by atoms with Crippen molar-refractivity contribution in [2.45, 2.75) is 45.4 Å². The molecule has 2 rings (SSSR count). The molecule has 1 amide bonds. The molecule has 0 unspecified atom stereocenters. The van der Waals surface area contributed by atoms with Crippen molar-refractivity contribution in [1.82, 2.24) is 9.80 Å². The van der Waals surface area contributed by atoms with Gasteiger partial charge in [-0.25, -0.2) is 0 Å². The number of hydrogen-bond donors (Lipinski definition) is 0. The molecule has 1 heterocycles. The lowest BCUT2D eigenvalue weighted by Crippen LogP contribution is -2.33. The van der Waals surface area contributed by atoms with E-state index < -0.39 is 0 Å². The summed E-state index contributed by atoms with van der Waals surface area (Å²) in [5, 5.41) is 0. The van der Waals surface area contributed by atoms with Crippen LogP contribution in [0.1, 0.15) is 56.0 Å². The fourth-order valence-corrected chi connectivity index (χ4v) is 2.94. The number of rotatable bonds is 1. The highest BCUT2D eigenvalue weighted by molar-refractivity contribution is 5.94. The van der Waals surface area contributed by atoms with E-state index in [2.05, 4.69) is 44.9 Å². The molecule has 1 aliphatic heterocycles. The van der Waals surface area contributed by atoms with E-state index in [0.29, 0.717) is 0 Å². The molecule has 3 heteroatoms. The van der Waals surface area contributed by atoms with Gasteiger partial charge in [0, 0.05) is 18.7 Å². The Morgan fingerprint density at radius 3 is 2.09 bits per heavy atom. The smallest absolute Gasteiger partial charge is 0.253 e. The average molecular weight is 302 g/mol. The molecule has 0 spiro atoms. The van der Waals surface area contributed by atoms with Gasteiger partial charge in [0.05, 0.1) is 0 Å². The number of amides is 1. The Labute approximate surface area is 135 Å². The van der Waals surface area contributed by atoms with Crippen LogP contribution < -0.4 is 0 Å². The molecule has 122 valence electrons. The number of carbonyl (C=O) groups is 1. The van der Waals surface area contributed by atoms with E-state index in [1.807, 2.05) is 17.0 Å². The quantitative estimate of drug-likeness (QED) is 0.792. The Morgan fingerprint density at radius 1 is 0.909 bits per heavy atom. The molecule has 0 saturated carbocycles. The maximum absolute atomic E-state index is 12.7. The van der Waals surface area contributed by atoms with Crippen LogP contribution in [-0.2, 0) is 5.41 Å². The predicted octanol–water partition coefficient (Wildman–Crippen LogP) is 3.54. The van der Waals surface area contributed by atoms with Gasteiger partial charge in [0.2, 0.25) is 0 Å². The summed E-state index contributed by atoms with van der Waals surface area (Å²) in [5.41, 5.74) is 2.22. The lowest BCUT2D eigenvalue weighted by molar-refractivity contribution is 0.0753. The highest BCUT2D eigenvalue weighted by atomic mass is 16.2. The Morgan fingerprint density at radius 2 is 1.45 bits per heavy atom. The summed E-state index contributed by atoms with van der Waals surface area (Å²) in [4.78, 5) is 17.1. The molecule has 1 saturated heterocycles. The fourth-order valence-electron chi connectivity index (χ4n) is 2.94. The third-order valence-corrected chi connectivity index (χ3v) is 4.47. The molecule has 22 heavy (non-hydrogen) atoms. The van der Waals surface area contributed by atoms with Crippen molar-refractivity contribution in [1.29, 1.82) is 0 Å². The number of carbonyl (C=O) groups excluding carboxylic acids is 1. The molecule has 1 fully saturated rings. The van der Waals surface area contributed by atoms with Crippen LogP contribution >= 0.6 is 0 Å². The minimum atomic E-state index is 0.130. The van der Waals surface area contributed by atoms with Gasteiger partial charge in [0.25, 0.3) is 5.91 Å². The van der Waals surface area contributed by atoms with Crippen LogP contribution in [0.25, 0.3) is 0 Å². The molecule has 0 bridgehead atoms. The average Bonchev–Trinajstić information content (AvgIpc) is 2.58. The maximum Gasteiger partial charge on any atom is 0.253 e. The van der Waals surface area contributed by atoms with E-state index in [1.54, 1.807) is 0 Å². The van der Waals surface area contributed by atoms with E-state index in [9.17, 15) is 4.79 Å². The van der Waals surface area contributed by atoms with Crippen LogP contribution in [-0.4, -0.2) is 48.9 Å². The van der Waals surface area contributed by atoms with E-state index >= 15 is 0 Å². The van der Waals surface area contributed by atoms with Gasteiger partial charge >= 0.3 is 0 Å². The summed E-state index contributed by atoms with van der Waals surface area (Å²) in [6.45, 7) is 10.6. The van der Waals surface area contributed by atoms with Crippen molar-refractivity contribution in [3.05, 3.63) is 35.4 Å². The van der Waals surface area contributed by atoms with Gasteiger partial charge in [-0.2, -0.15) is 0 Å². The van der Waals surface area contributed by atoms with Crippen molar-refractivity contribution >= 4 is 5.91 Å². The first kappa shape index (κ1) is 17.0. The second-order valence-corrected chi connectivity index (χ2v) is 7.48. The Balaban J connectivity index is 2.05. The molecule has 0 N–H and O–H groups in total. The lowest BCUT2D eigenvalue weighted by atomic mass is 9.86. The van der Waals surface area contributed by atoms with Crippen LogP contribution in [0.2, 0.25) is 0 Å². The first-order chi connectivity index (χ1) is 10.4. The Bertz CT molecular complexity index is 487. The third-order valence-electron chi connectivity index (χ3n) is 4.47. The summed E-state index contributed by atoms with van der Waals surface area (Å²) < 4.78 is 0. The summed E-state index contributed by atoms with van der Waals surface area (Å²) in [6, 6.07) is 8.16. The zero-order valence-electron chi connectivity index (χ0n) is 14.6. The molecule has 1 aromatic carbocycles. The van der Waals surface area contributed by atoms with E-state index in [0.717, 1.165) is 44.6 Å². The van der Waals surface area contributed by atoms with Gasteiger partial charge < -0.3 is 9.80 Å². The van der Waals surface area contributed by atoms with Crippen LogP contribution in [0, 0.1) is 0 Å². The fraction of sp³-hybridized carbons (Fsp3) is 0.632. The monoisotopic (exact) mass is 302 g/mol. The van der Waals surface area contributed by atoms with Crippen LogP contribution in [0.15, 0.2) is 24.3 Å². The van der Waals surface area contributed by atoms with Gasteiger partial charge in [0.15, 0.2) is 0 Å². The first-order valence-corrected chi connectivity index (χ1v) is 8.46. The molecule has 1 aliphatic rings. The topological polar surface area (TPSA) is 23.6 Å². The molecular formula is C19H30N2O. The minimum Gasteiger partial charge on any atom is -0.339 e. The SMILES string of the molecule is CN1CCCCN(C(=O)c2ccc(C(C)(C)C)cc2)CCC1. The van der Waals surface area contributed by atoms with Crippen LogP contribution in [0.5, 0.6) is 0 Å². The Hall–Kier alpha value is -1.35. The maximum atomic E-state index is 12.7. The second-order valence-electron chi connectivity index (χ2n) is 7.48. The van der Waals surface area contributed by atoms with E-state index in [-0.39, 0.29) is 11.3 Å². The highest BCUT2D eigenvalue weighted by Gasteiger charge is 2.18. The van der Waals surface area contributed by atoms with Gasteiger partial charge in [-0.3, -0.25) is 4.79 Å². The second kappa shape index (κ2) is 7.28. The van der Waals surface area contributed by atoms with Crippen molar-refractivity contribution in [2.75, 3.05) is 33.2 Å². The number of hydrogen-bond acceptors (Lipinski definition) is 2. The molecule has 1 aromatic rings. The van der Waals surface area contributed by atoms with Gasteiger partial charge in [-0.05, 0) is 62.5 Å². The van der Waals surface area contributed by atoms with Crippen LogP contribution in [0.4, 0.5) is 0 Å².